The quantitative estimate of drug-likeness (QED) is 0.915. The van der Waals surface area contributed by atoms with Crippen molar-refractivity contribution in [3.63, 3.8) is 0 Å². The minimum absolute atomic E-state index is 0.342. The molecule has 16 heavy (non-hydrogen) atoms. The van der Waals surface area contributed by atoms with Gasteiger partial charge >= 0.3 is 0 Å². The summed E-state index contributed by atoms with van der Waals surface area (Å²) >= 11 is 3.36. The van der Waals surface area contributed by atoms with Crippen molar-refractivity contribution in [3.05, 3.63) is 46.8 Å². The van der Waals surface area contributed by atoms with Crippen LogP contribution in [0.25, 0.3) is 0 Å². The molecule has 0 atom stereocenters. The molecule has 0 spiro atoms. The minimum atomic E-state index is 0.342. The second-order valence-corrected chi connectivity index (χ2v) is 3.95. The summed E-state index contributed by atoms with van der Waals surface area (Å²) in [5, 5.41) is 11.8. The van der Waals surface area contributed by atoms with E-state index in [1.54, 1.807) is 6.07 Å². The SMILES string of the molecule is N#Cc1cc(Nc2ccc(Br)cc2)ncn1. The summed E-state index contributed by atoms with van der Waals surface area (Å²) in [6.45, 7) is 0. The van der Waals surface area contributed by atoms with Crippen molar-refractivity contribution in [1.82, 2.24) is 9.97 Å². The number of nitrogens with one attached hydrogen (secondary N) is 1. The van der Waals surface area contributed by atoms with E-state index in [-0.39, 0.29) is 0 Å². The zero-order chi connectivity index (χ0) is 11.4. The van der Waals surface area contributed by atoms with Crippen molar-refractivity contribution in [2.24, 2.45) is 0 Å². The average molecular weight is 275 g/mol. The Morgan fingerprint density at radius 1 is 1.19 bits per heavy atom. The van der Waals surface area contributed by atoms with E-state index in [9.17, 15) is 0 Å². The molecule has 2 aromatic rings. The van der Waals surface area contributed by atoms with Gasteiger partial charge in [0, 0.05) is 16.2 Å². The zero-order valence-electron chi connectivity index (χ0n) is 8.18. The van der Waals surface area contributed by atoms with E-state index < -0.39 is 0 Å². The lowest BCUT2D eigenvalue weighted by molar-refractivity contribution is 1.14. The number of benzene rings is 1. The maximum atomic E-state index is 8.69. The molecule has 0 aliphatic rings. The molecule has 0 unspecified atom stereocenters. The number of rotatable bonds is 2. The summed E-state index contributed by atoms with van der Waals surface area (Å²) in [6.07, 6.45) is 1.36. The average Bonchev–Trinajstić information content (AvgIpc) is 2.32. The topological polar surface area (TPSA) is 61.6 Å². The number of hydrogen-bond donors (Lipinski definition) is 1. The van der Waals surface area contributed by atoms with E-state index in [2.05, 4.69) is 31.2 Å². The molecule has 4 nitrogen and oxygen atoms in total. The highest BCUT2D eigenvalue weighted by atomic mass is 79.9. The van der Waals surface area contributed by atoms with E-state index in [1.165, 1.54) is 6.33 Å². The van der Waals surface area contributed by atoms with Gasteiger partial charge < -0.3 is 5.32 Å². The Morgan fingerprint density at radius 3 is 2.62 bits per heavy atom. The second kappa shape index (κ2) is 4.73. The van der Waals surface area contributed by atoms with Gasteiger partial charge in [-0.05, 0) is 24.3 Å². The molecule has 0 fully saturated rings. The molecule has 2 rings (SSSR count). The Hall–Kier alpha value is -1.93. The fraction of sp³-hybridized carbons (Fsp3) is 0. The number of aromatic nitrogens is 2. The van der Waals surface area contributed by atoms with Crippen LogP contribution in [-0.4, -0.2) is 9.97 Å². The minimum Gasteiger partial charge on any atom is -0.340 e. The van der Waals surface area contributed by atoms with E-state index in [0.29, 0.717) is 11.5 Å². The second-order valence-electron chi connectivity index (χ2n) is 3.03. The van der Waals surface area contributed by atoms with Gasteiger partial charge in [-0.15, -0.1) is 0 Å². The van der Waals surface area contributed by atoms with Crippen molar-refractivity contribution in [1.29, 1.82) is 5.26 Å². The first-order valence-electron chi connectivity index (χ1n) is 4.52. The number of nitrogens with zero attached hydrogens (tertiary/aromatic N) is 3. The van der Waals surface area contributed by atoms with Crippen molar-refractivity contribution in [3.8, 4) is 6.07 Å². The molecule has 0 aliphatic heterocycles. The maximum absolute atomic E-state index is 8.69. The number of halogens is 1. The van der Waals surface area contributed by atoms with Crippen LogP contribution in [-0.2, 0) is 0 Å². The van der Waals surface area contributed by atoms with Gasteiger partial charge in [0.25, 0.3) is 0 Å². The standard InChI is InChI=1S/C11H7BrN4/c12-8-1-3-9(4-2-8)16-11-5-10(6-13)14-7-15-11/h1-5,7H,(H,14,15,16). The number of anilines is 2. The Morgan fingerprint density at radius 2 is 1.94 bits per heavy atom. The lowest BCUT2D eigenvalue weighted by atomic mass is 10.3. The van der Waals surface area contributed by atoms with Crippen LogP contribution in [0.5, 0.6) is 0 Å². The number of nitriles is 1. The van der Waals surface area contributed by atoms with Crippen LogP contribution in [0.3, 0.4) is 0 Å². The summed E-state index contributed by atoms with van der Waals surface area (Å²) in [4.78, 5) is 7.81. The van der Waals surface area contributed by atoms with Crippen LogP contribution in [0.4, 0.5) is 11.5 Å². The molecule has 0 amide bonds. The molecule has 1 heterocycles. The van der Waals surface area contributed by atoms with E-state index in [4.69, 9.17) is 5.26 Å². The van der Waals surface area contributed by atoms with Crippen molar-refractivity contribution >= 4 is 27.4 Å². The molecule has 78 valence electrons. The van der Waals surface area contributed by atoms with Gasteiger partial charge in [-0.3, -0.25) is 0 Å². The van der Waals surface area contributed by atoms with E-state index >= 15 is 0 Å². The monoisotopic (exact) mass is 274 g/mol. The zero-order valence-corrected chi connectivity index (χ0v) is 9.77. The molecule has 0 radical (unpaired) electrons. The van der Waals surface area contributed by atoms with Gasteiger partial charge in [0.2, 0.25) is 0 Å². The fourth-order valence-corrected chi connectivity index (χ4v) is 1.43. The Bertz CT molecular complexity index is 530. The largest absolute Gasteiger partial charge is 0.340 e. The van der Waals surface area contributed by atoms with E-state index in [0.717, 1.165) is 10.2 Å². The third kappa shape index (κ3) is 2.55. The highest BCUT2D eigenvalue weighted by molar-refractivity contribution is 9.10. The maximum Gasteiger partial charge on any atom is 0.145 e. The summed E-state index contributed by atoms with van der Waals surface area (Å²) in [7, 11) is 0. The molecular weight excluding hydrogens is 268 g/mol. The van der Waals surface area contributed by atoms with Gasteiger partial charge in [-0.25, -0.2) is 9.97 Å². The molecule has 0 saturated heterocycles. The molecule has 1 aromatic carbocycles. The first-order valence-corrected chi connectivity index (χ1v) is 5.32. The van der Waals surface area contributed by atoms with Gasteiger partial charge in [0.15, 0.2) is 0 Å². The molecule has 1 aromatic heterocycles. The van der Waals surface area contributed by atoms with Crippen LogP contribution < -0.4 is 5.32 Å². The van der Waals surface area contributed by atoms with Gasteiger partial charge in [-0.2, -0.15) is 5.26 Å². The van der Waals surface area contributed by atoms with Crippen molar-refractivity contribution in [2.75, 3.05) is 5.32 Å². The first-order chi connectivity index (χ1) is 7.78. The van der Waals surface area contributed by atoms with Crippen molar-refractivity contribution in [2.45, 2.75) is 0 Å². The van der Waals surface area contributed by atoms with Gasteiger partial charge in [-0.1, -0.05) is 15.9 Å². The molecule has 0 saturated carbocycles. The third-order valence-corrected chi connectivity index (χ3v) is 2.43. The third-order valence-electron chi connectivity index (χ3n) is 1.90. The van der Waals surface area contributed by atoms with Crippen LogP contribution in [0, 0.1) is 11.3 Å². The lowest BCUT2D eigenvalue weighted by Gasteiger charge is -2.04. The predicted molar refractivity (Wildman–Crippen MR) is 64.2 cm³/mol. The fourth-order valence-electron chi connectivity index (χ4n) is 1.17. The molecule has 0 aliphatic carbocycles. The van der Waals surface area contributed by atoms with Gasteiger partial charge in [0.1, 0.15) is 23.9 Å². The predicted octanol–water partition coefficient (Wildman–Crippen LogP) is 2.85. The van der Waals surface area contributed by atoms with Crippen LogP contribution in [0.1, 0.15) is 5.69 Å². The molecule has 0 bridgehead atoms. The Labute approximate surface area is 101 Å². The Kier molecular flexibility index (Phi) is 3.13. The summed E-state index contributed by atoms with van der Waals surface area (Å²) in [5.41, 5.74) is 1.25. The summed E-state index contributed by atoms with van der Waals surface area (Å²) in [5.74, 6) is 0.605. The van der Waals surface area contributed by atoms with Crippen LogP contribution in [0.15, 0.2) is 41.1 Å². The highest BCUT2D eigenvalue weighted by Crippen LogP contribution is 2.17. The molecule has 1 N–H and O–H groups in total. The van der Waals surface area contributed by atoms with Gasteiger partial charge in [0.05, 0.1) is 0 Å². The first kappa shape index (κ1) is 10.6. The molecule has 5 heteroatoms. The van der Waals surface area contributed by atoms with Crippen LogP contribution in [0.2, 0.25) is 0 Å². The number of hydrogen-bond acceptors (Lipinski definition) is 4. The van der Waals surface area contributed by atoms with Crippen molar-refractivity contribution < 1.29 is 0 Å². The van der Waals surface area contributed by atoms with Crippen LogP contribution >= 0.6 is 15.9 Å². The Balaban J connectivity index is 2.21. The van der Waals surface area contributed by atoms with E-state index in [1.807, 2.05) is 30.3 Å². The lowest BCUT2D eigenvalue weighted by Crippen LogP contribution is -1.95. The summed E-state index contributed by atoms with van der Waals surface area (Å²) < 4.78 is 1.01. The highest BCUT2D eigenvalue weighted by Gasteiger charge is 1.98. The smallest absolute Gasteiger partial charge is 0.145 e. The molecular formula is C11H7BrN4. The normalized spacial score (nSPS) is 9.50. The summed E-state index contributed by atoms with van der Waals surface area (Å²) in [6, 6.07) is 11.2.